The molecule has 1 saturated heterocycles. The van der Waals surface area contributed by atoms with Gasteiger partial charge in [0, 0.05) is 38.4 Å². The summed E-state index contributed by atoms with van der Waals surface area (Å²) in [6.07, 6.45) is 1.56. The summed E-state index contributed by atoms with van der Waals surface area (Å²) in [7, 11) is 0. The van der Waals surface area contributed by atoms with Crippen molar-refractivity contribution in [3.63, 3.8) is 0 Å². The second kappa shape index (κ2) is 9.85. The largest absolute Gasteiger partial charge is 0.339 e. The van der Waals surface area contributed by atoms with Gasteiger partial charge in [-0.3, -0.25) is 9.59 Å². The molecule has 0 saturated carbocycles. The molecule has 138 valence electrons. The van der Waals surface area contributed by atoms with Crippen LogP contribution in [0.25, 0.3) is 0 Å². The van der Waals surface area contributed by atoms with E-state index in [-0.39, 0.29) is 11.8 Å². The summed E-state index contributed by atoms with van der Waals surface area (Å²) in [6, 6.07) is 8.41. The highest BCUT2D eigenvalue weighted by atomic mass is 32.2. The molecule has 2 rings (SSSR count). The molecule has 1 aromatic rings. The molecule has 1 aromatic carbocycles. The monoisotopic (exact) mass is 362 g/mol. The predicted molar refractivity (Wildman–Crippen MR) is 105 cm³/mol. The lowest BCUT2D eigenvalue weighted by Crippen LogP contribution is -2.51. The summed E-state index contributed by atoms with van der Waals surface area (Å²) in [6.45, 7) is 9.03. The van der Waals surface area contributed by atoms with Crippen molar-refractivity contribution >= 4 is 23.6 Å². The molecule has 0 N–H and O–H groups in total. The number of carbonyl (C=O) groups excluding carboxylic acids is 2. The summed E-state index contributed by atoms with van der Waals surface area (Å²) in [5.74, 6) is 2.34. The molecule has 1 aliphatic heterocycles. The SMILES string of the molecule is Cc1cccc(CSCC(=O)N2CCN(C(=O)CCC(C)C)CC2)c1. The molecule has 25 heavy (non-hydrogen) atoms. The molecular formula is C20H30N2O2S. The van der Waals surface area contributed by atoms with Gasteiger partial charge < -0.3 is 9.80 Å². The van der Waals surface area contributed by atoms with Crippen LogP contribution in [0.4, 0.5) is 0 Å². The van der Waals surface area contributed by atoms with Crippen LogP contribution in [0, 0.1) is 12.8 Å². The normalized spacial score (nSPS) is 14.9. The molecule has 1 fully saturated rings. The first kappa shape index (κ1) is 19.8. The highest BCUT2D eigenvalue weighted by Gasteiger charge is 2.23. The van der Waals surface area contributed by atoms with Crippen LogP contribution in [-0.4, -0.2) is 53.5 Å². The minimum atomic E-state index is 0.187. The van der Waals surface area contributed by atoms with Crippen molar-refractivity contribution in [2.45, 2.75) is 39.4 Å². The molecule has 1 aliphatic rings. The van der Waals surface area contributed by atoms with Crippen LogP contribution in [0.5, 0.6) is 0 Å². The minimum Gasteiger partial charge on any atom is -0.339 e. The van der Waals surface area contributed by atoms with E-state index in [2.05, 4.69) is 45.0 Å². The summed E-state index contributed by atoms with van der Waals surface area (Å²) in [4.78, 5) is 28.3. The fraction of sp³-hybridized carbons (Fsp3) is 0.600. The average molecular weight is 363 g/mol. The van der Waals surface area contributed by atoms with Gasteiger partial charge in [-0.15, -0.1) is 11.8 Å². The molecule has 4 nitrogen and oxygen atoms in total. The van der Waals surface area contributed by atoms with E-state index in [1.807, 2.05) is 9.80 Å². The minimum absolute atomic E-state index is 0.187. The molecule has 0 bridgehead atoms. The Hall–Kier alpha value is -1.49. The van der Waals surface area contributed by atoms with Gasteiger partial charge in [0.15, 0.2) is 0 Å². The number of piperazine rings is 1. The van der Waals surface area contributed by atoms with Gasteiger partial charge in [-0.05, 0) is 24.8 Å². The fourth-order valence-electron chi connectivity index (χ4n) is 2.92. The molecule has 5 heteroatoms. The Labute approximate surface area is 156 Å². The van der Waals surface area contributed by atoms with E-state index in [0.29, 0.717) is 44.3 Å². The van der Waals surface area contributed by atoms with Crippen LogP contribution in [0.2, 0.25) is 0 Å². The van der Waals surface area contributed by atoms with Crippen LogP contribution in [-0.2, 0) is 15.3 Å². The maximum atomic E-state index is 12.3. The molecule has 0 aromatic heterocycles. The third-order valence-corrected chi connectivity index (χ3v) is 5.49. The van der Waals surface area contributed by atoms with Crippen molar-refractivity contribution in [3.05, 3.63) is 35.4 Å². The van der Waals surface area contributed by atoms with Crippen molar-refractivity contribution in [2.24, 2.45) is 5.92 Å². The maximum absolute atomic E-state index is 12.3. The van der Waals surface area contributed by atoms with Gasteiger partial charge in [-0.1, -0.05) is 43.7 Å². The number of amides is 2. The van der Waals surface area contributed by atoms with Crippen LogP contribution in [0.15, 0.2) is 24.3 Å². The first-order valence-electron chi connectivity index (χ1n) is 9.14. The van der Waals surface area contributed by atoms with Gasteiger partial charge >= 0.3 is 0 Å². The standard InChI is InChI=1S/C20H30N2O2S/c1-16(2)7-8-19(23)21-9-11-22(12-10-21)20(24)15-25-14-18-6-4-5-17(3)13-18/h4-6,13,16H,7-12,14-15H2,1-3H3. The van der Waals surface area contributed by atoms with Crippen molar-refractivity contribution in [1.29, 1.82) is 0 Å². The molecule has 0 radical (unpaired) electrons. The summed E-state index contributed by atoms with van der Waals surface area (Å²) < 4.78 is 0. The van der Waals surface area contributed by atoms with Gasteiger partial charge in [0.1, 0.15) is 0 Å². The highest BCUT2D eigenvalue weighted by Crippen LogP contribution is 2.15. The Bertz CT molecular complexity index is 581. The van der Waals surface area contributed by atoms with E-state index in [1.54, 1.807) is 11.8 Å². The van der Waals surface area contributed by atoms with Gasteiger partial charge in [0.05, 0.1) is 5.75 Å². The van der Waals surface area contributed by atoms with Crippen molar-refractivity contribution in [1.82, 2.24) is 9.80 Å². The Kier molecular flexibility index (Phi) is 7.82. The first-order valence-corrected chi connectivity index (χ1v) is 10.3. The van der Waals surface area contributed by atoms with E-state index in [0.717, 1.165) is 12.2 Å². The van der Waals surface area contributed by atoms with E-state index >= 15 is 0 Å². The Morgan fingerprint density at radius 2 is 1.72 bits per heavy atom. The van der Waals surface area contributed by atoms with Gasteiger partial charge in [0.2, 0.25) is 11.8 Å². The lowest BCUT2D eigenvalue weighted by molar-refractivity contribution is -0.138. The number of hydrogen-bond donors (Lipinski definition) is 0. The van der Waals surface area contributed by atoms with E-state index in [9.17, 15) is 9.59 Å². The van der Waals surface area contributed by atoms with Crippen LogP contribution in [0.1, 0.15) is 37.8 Å². The van der Waals surface area contributed by atoms with Gasteiger partial charge in [0.25, 0.3) is 0 Å². The zero-order valence-electron chi connectivity index (χ0n) is 15.7. The molecule has 0 unspecified atom stereocenters. The molecule has 2 amide bonds. The smallest absolute Gasteiger partial charge is 0.232 e. The summed E-state index contributed by atoms with van der Waals surface area (Å²) >= 11 is 1.66. The second-order valence-corrected chi connectivity index (χ2v) is 8.16. The average Bonchev–Trinajstić information content (AvgIpc) is 2.59. The lowest BCUT2D eigenvalue weighted by atomic mass is 10.1. The topological polar surface area (TPSA) is 40.6 Å². The number of rotatable bonds is 7. The quantitative estimate of drug-likeness (QED) is 0.747. The summed E-state index contributed by atoms with van der Waals surface area (Å²) in [5.41, 5.74) is 2.51. The van der Waals surface area contributed by atoms with Gasteiger partial charge in [-0.25, -0.2) is 0 Å². The second-order valence-electron chi connectivity index (χ2n) is 7.18. The first-order chi connectivity index (χ1) is 12.0. The van der Waals surface area contributed by atoms with Crippen molar-refractivity contribution in [2.75, 3.05) is 31.9 Å². The highest BCUT2D eigenvalue weighted by molar-refractivity contribution is 7.99. The van der Waals surface area contributed by atoms with Gasteiger partial charge in [-0.2, -0.15) is 0 Å². The number of thioether (sulfide) groups is 1. The Morgan fingerprint density at radius 3 is 2.32 bits per heavy atom. The summed E-state index contributed by atoms with van der Waals surface area (Å²) in [5, 5.41) is 0. The fourth-order valence-corrected chi connectivity index (χ4v) is 3.80. The third-order valence-electron chi connectivity index (χ3n) is 4.50. The van der Waals surface area contributed by atoms with Crippen LogP contribution < -0.4 is 0 Å². The molecule has 0 spiro atoms. The number of hydrogen-bond acceptors (Lipinski definition) is 3. The molecule has 0 aliphatic carbocycles. The Morgan fingerprint density at radius 1 is 1.08 bits per heavy atom. The van der Waals surface area contributed by atoms with Crippen LogP contribution in [0.3, 0.4) is 0 Å². The zero-order chi connectivity index (χ0) is 18.2. The van der Waals surface area contributed by atoms with E-state index in [1.165, 1.54) is 11.1 Å². The van der Waals surface area contributed by atoms with E-state index < -0.39 is 0 Å². The number of aryl methyl sites for hydroxylation is 1. The van der Waals surface area contributed by atoms with Crippen LogP contribution >= 0.6 is 11.8 Å². The number of nitrogens with zero attached hydrogens (tertiary/aromatic N) is 2. The number of carbonyl (C=O) groups is 2. The lowest BCUT2D eigenvalue weighted by Gasteiger charge is -2.35. The third kappa shape index (κ3) is 6.73. The molecule has 1 heterocycles. The van der Waals surface area contributed by atoms with Crippen molar-refractivity contribution < 1.29 is 9.59 Å². The Balaban J connectivity index is 1.67. The molecular weight excluding hydrogens is 332 g/mol. The maximum Gasteiger partial charge on any atom is 0.232 e. The molecule has 0 atom stereocenters. The number of benzene rings is 1. The van der Waals surface area contributed by atoms with Crippen molar-refractivity contribution in [3.8, 4) is 0 Å². The zero-order valence-corrected chi connectivity index (χ0v) is 16.5. The van der Waals surface area contributed by atoms with E-state index in [4.69, 9.17) is 0 Å². The predicted octanol–water partition coefficient (Wildman–Crippen LogP) is 3.34.